The summed E-state index contributed by atoms with van der Waals surface area (Å²) in [6, 6.07) is 4.68. The largest absolute Gasteiger partial charge is 0.477 e. The molecule has 1 rings (SSSR count). The first-order valence-electron chi connectivity index (χ1n) is 6.87. The zero-order valence-corrected chi connectivity index (χ0v) is 12.3. The van der Waals surface area contributed by atoms with Crippen molar-refractivity contribution in [3.05, 3.63) is 23.4 Å². The van der Waals surface area contributed by atoms with E-state index in [0.717, 1.165) is 31.1 Å². The van der Waals surface area contributed by atoms with E-state index in [1.165, 1.54) is 5.56 Å². The van der Waals surface area contributed by atoms with E-state index in [0.29, 0.717) is 12.0 Å². The zero-order valence-electron chi connectivity index (χ0n) is 12.3. The van der Waals surface area contributed by atoms with Crippen LogP contribution in [-0.2, 0) is 13.0 Å². The van der Waals surface area contributed by atoms with Crippen LogP contribution in [0.3, 0.4) is 0 Å². The average Bonchev–Trinajstić information content (AvgIpc) is 2.33. The molecule has 0 atom stereocenters. The fraction of sp³-hybridized carbons (Fsp3) is 0.667. The average molecular weight is 250 g/mol. The number of nitrogens with one attached hydrogen (secondary N) is 1. The normalized spacial score (nSPS) is 11.3. The first-order valence-corrected chi connectivity index (χ1v) is 6.87. The summed E-state index contributed by atoms with van der Waals surface area (Å²) in [4.78, 5) is 4.50. The quantitative estimate of drug-likeness (QED) is 0.807. The molecule has 102 valence electrons. The summed E-state index contributed by atoms with van der Waals surface area (Å²) in [5, 5.41) is 3.42. The third-order valence-electron chi connectivity index (χ3n) is 2.56. The highest BCUT2D eigenvalue weighted by Gasteiger charge is 2.04. The van der Waals surface area contributed by atoms with Gasteiger partial charge in [0.05, 0.1) is 6.61 Å². The fourth-order valence-corrected chi connectivity index (χ4v) is 1.55. The van der Waals surface area contributed by atoms with Crippen LogP contribution in [0.25, 0.3) is 0 Å². The molecule has 0 unspecified atom stereocenters. The second kappa shape index (κ2) is 7.37. The summed E-state index contributed by atoms with van der Waals surface area (Å²) >= 11 is 0. The van der Waals surface area contributed by atoms with E-state index in [1.807, 2.05) is 6.07 Å². The SMILES string of the molecule is CCc1cc(CNC(C)C)cc(OCC(C)C)n1. The lowest BCUT2D eigenvalue weighted by Crippen LogP contribution is -2.22. The van der Waals surface area contributed by atoms with Gasteiger partial charge in [-0.05, 0) is 24.0 Å². The van der Waals surface area contributed by atoms with Crippen LogP contribution in [0.2, 0.25) is 0 Å². The van der Waals surface area contributed by atoms with E-state index >= 15 is 0 Å². The predicted octanol–water partition coefficient (Wildman–Crippen LogP) is 3.18. The molecule has 0 saturated carbocycles. The highest BCUT2D eigenvalue weighted by atomic mass is 16.5. The van der Waals surface area contributed by atoms with Gasteiger partial charge < -0.3 is 10.1 Å². The summed E-state index contributed by atoms with van der Waals surface area (Å²) in [6.45, 7) is 12.3. The van der Waals surface area contributed by atoms with Crippen molar-refractivity contribution < 1.29 is 4.74 Å². The lowest BCUT2D eigenvalue weighted by Gasteiger charge is -2.12. The Balaban J connectivity index is 2.74. The maximum atomic E-state index is 5.72. The third-order valence-corrected chi connectivity index (χ3v) is 2.56. The van der Waals surface area contributed by atoms with Gasteiger partial charge in [-0.25, -0.2) is 4.98 Å². The monoisotopic (exact) mass is 250 g/mol. The Morgan fingerprint density at radius 3 is 2.50 bits per heavy atom. The predicted molar refractivity (Wildman–Crippen MR) is 75.9 cm³/mol. The minimum Gasteiger partial charge on any atom is -0.477 e. The third kappa shape index (κ3) is 5.50. The number of rotatable bonds is 7. The summed E-state index contributed by atoms with van der Waals surface area (Å²) < 4.78 is 5.72. The molecule has 18 heavy (non-hydrogen) atoms. The molecule has 0 aliphatic carbocycles. The van der Waals surface area contributed by atoms with Gasteiger partial charge in [-0.2, -0.15) is 0 Å². The molecule has 0 aromatic carbocycles. The van der Waals surface area contributed by atoms with Gasteiger partial charge in [0.25, 0.3) is 0 Å². The van der Waals surface area contributed by atoms with Gasteiger partial charge >= 0.3 is 0 Å². The Bertz CT molecular complexity index is 331. The van der Waals surface area contributed by atoms with Crippen molar-refractivity contribution in [2.75, 3.05) is 6.61 Å². The Kier molecular flexibility index (Phi) is 6.13. The number of ether oxygens (including phenoxy) is 1. The Hall–Kier alpha value is -1.09. The van der Waals surface area contributed by atoms with Gasteiger partial charge in [0.2, 0.25) is 5.88 Å². The number of pyridine rings is 1. The minimum absolute atomic E-state index is 0.489. The van der Waals surface area contributed by atoms with Crippen molar-refractivity contribution >= 4 is 0 Å². The maximum absolute atomic E-state index is 5.72. The minimum atomic E-state index is 0.489. The lowest BCUT2D eigenvalue weighted by molar-refractivity contribution is 0.260. The molecule has 1 aromatic rings. The molecule has 3 heteroatoms. The molecule has 0 saturated heterocycles. The maximum Gasteiger partial charge on any atom is 0.213 e. The molecule has 0 amide bonds. The summed E-state index contributed by atoms with van der Waals surface area (Å²) in [6.07, 6.45) is 0.938. The number of hydrogen-bond acceptors (Lipinski definition) is 3. The van der Waals surface area contributed by atoms with Crippen molar-refractivity contribution in [3.8, 4) is 5.88 Å². The van der Waals surface area contributed by atoms with Crippen LogP contribution in [-0.4, -0.2) is 17.6 Å². The summed E-state index contributed by atoms with van der Waals surface area (Å²) in [7, 11) is 0. The molecule has 0 aliphatic rings. The van der Waals surface area contributed by atoms with Crippen LogP contribution in [0.5, 0.6) is 5.88 Å². The van der Waals surface area contributed by atoms with Crippen LogP contribution < -0.4 is 10.1 Å². The first-order chi connectivity index (χ1) is 8.51. The number of aromatic nitrogens is 1. The van der Waals surface area contributed by atoms with Crippen molar-refractivity contribution in [1.29, 1.82) is 0 Å². The van der Waals surface area contributed by atoms with Gasteiger partial charge in [-0.15, -0.1) is 0 Å². The zero-order chi connectivity index (χ0) is 13.5. The molecular weight excluding hydrogens is 224 g/mol. The molecule has 1 N–H and O–H groups in total. The van der Waals surface area contributed by atoms with Crippen LogP contribution in [0, 0.1) is 5.92 Å². The smallest absolute Gasteiger partial charge is 0.213 e. The highest BCUT2D eigenvalue weighted by molar-refractivity contribution is 5.25. The molecule has 0 radical (unpaired) electrons. The molecular formula is C15H26N2O. The van der Waals surface area contributed by atoms with Gasteiger partial charge in [0.1, 0.15) is 0 Å². The fourth-order valence-electron chi connectivity index (χ4n) is 1.55. The van der Waals surface area contributed by atoms with E-state index in [9.17, 15) is 0 Å². The molecule has 0 fully saturated rings. The van der Waals surface area contributed by atoms with Crippen molar-refractivity contribution in [2.24, 2.45) is 5.92 Å². The van der Waals surface area contributed by atoms with Crippen molar-refractivity contribution in [3.63, 3.8) is 0 Å². The second-order valence-electron chi connectivity index (χ2n) is 5.40. The van der Waals surface area contributed by atoms with Crippen LogP contribution in [0.15, 0.2) is 12.1 Å². The van der Waals surface area contributed by atoms with E-state index in [-0.39, 0.29) is 0 Å². The standard InChI is InChI=1S/C15H26N2O/c1-6-14-7-13(9-16-12(4)5)8-15(17-14)18-10-11(2)3/h7-8,11-12,16H,6,9-10H2,1-5H3. The topological polar surface area (TPSA) is 34.1 Å². The lowest BCUT2D eigenvalue weighted by atomic mass is 10.2. The molecule has 1 heterocycles. The van der Waals surface area contributed by atoms with Crippen molar-refractivity contribution in [2.45, 2.75) is 53.6 Å². The molecule has 1 aromatic heterocycles. The van der Waals surface area contributed by atoms with E-state index in [1.54, 1.807) is 0 Å². The number of nitrogens with zero attached hydrogens (tertiary/aromatic N) is 1. The number of aryl methyl sites for hydroxylation is 1. The Morgan fingerprint density at radius 1 is 1.22 bits per heavy atom. The van der Waals surface area contributed by atoms with Crippen LogP contribution in [0.1, 0.15) is 45.9 Å². The van der Waals surface area contributed by atoms with Crippen LogP contribution in [0.4, 0.5) is 0 Å². The first kappa shape index (κ1) is 15.0. The van der Waals surface area contributed by atoms with E-state index in [2.05, 4.69) is 51.0 Å². The van der Waals surface area contributed by atoms with E-state index < -0.39 is 0 Å². The Labute approximate surface area is 111 Å². The molecule has 0 aliphatic heterocycles. The number of hydrogen-bond donors (Lipinski definition) is 1. The Morgan fingerprint density at radius 2 is 1.94 bits per heavy atom. The van der Waals surface area contributed by atoms with Gasteiger partial charge in [0, 0.05) is 24.3 Å². The summed E-state index contributed by atoms with van der Waals surface area (Å²) in [5.74, 6) is 1.28. The van der Waals surface area contributed by atoms with Gasteiger partial charge in [0.15, 0.2) is 0 Å². The van der Waals surface area contributed by atoms with Crippen molar-refractivity contribution in [1.82, 2.24) is 10.3 Å². The van der Waals surface area contributed by atoms with E-state index in [4.69, 9.17) is 4.74 Å². The van der Waals surface area contributed by atoms with Gasteiger partial charge in [-0.1, -0.05) is 34.6 Å². The van der Waals surface area contributed by atoms with Gasteiger partial charge in [-0.3, -0.25) is 0 Å². The molecule has 3 nitrogen and oxygen atoms in total. The second-order valence-corrected chi connectivity index (χ2v) is 5.40. The molecule has 0 spiro atoms. The summed E-state index contributed by atoms with van der Waals surface area (Å²) in [5.41, 5.74) is 2.34. The molecule has 0 bridgehead atoms. The highest BCUT2D eigenvalue weighted by Crippen LogP contribution is 2.14. The van der Waals surface area contributed by atoms with Crippen LogP contribution >= 0.6 is 0 Å².